The first-order valence-electron chi connectivity index (χ1n) is 6.75. The second-order valence-electron chi connectivity index (χ2n) is 4.89. The zero-order chi connectivity index (χ0) is 14.7. The van der Waals surface area contributed by atoms with Crippen LogP contribution in [0.15, 0.2) is 29.6 Å². The van der Waals surface area contributed by atoms with E-state index in [1.807, 2.05) is 41.4 Å². The minimum absolute atomic E-state index is 0.00892. The van der Waals surface area contributed by atoms with Gasteiger partial charge in [0.15, 0.2) is 0 Å². The van der Waals surface area contributed by atoms with Gasteiger partial charge in [-0.1, -0.05) is 12.1 Å². The Hall–Kier alpha value is -1.04. The van der Waals surface area contributed by atoms with Crippen LogP contribution in [-0.2, 0) is 5.88 Å². The summed E-state index contributed by atoms with van der Waals surface area (Å²) in [5.74, 6) is 2.59. The van der Waals surface area contributed by atoms with Crippen LogP contribution in [0.5, 0.6) is 0 Å². The third-order valence-corrected chi connectivity index (χ3v) is 5.72. The van der Waals surface area contributed by atoms with Crippen molar-refractivity contribution < 1.29 is 4.79 Å². The smallest absolute Gasteiger partial charge is 0.251 e. The molecule has 3 rings (SSSR count). The molecule has 1 aromatic carbocycles. The van der Waals surface area contributed by atoms with Crippen molar-refractivity contribution in [3.05, 3.63) is 40.9 Å². The average molecular weight is 339 g/mol. The molecule has 21 heavy (non-hydrogen) atoms. The number of thiazole rings is 1. The normalized spacial score (nSPS) is 17.9. The predicted octanol–water partition coefficient (Wildman–Crippen LogP) is 3.78. The molecule has 2 heterocycles. The summed E-state index contributed by atoms with van der Waals surface area (Å²) < 4.78 is 0. The highest BCUT2D eigenvalue weighted by atomic mass is 35.5. The Kier molecular flexibility index (Phi) is 4.83. The number of hydrogen-bond acceptors (Lipinski definition) is 4. The summed E-state index contributed by atoms with van der Waals surface area (Å²) >= 11 is 9.22. The number of halogens is 1. The first kappa shape index (κ1) is 14.9. The van der Waals surface area contributed by atoms with Crippen molar-refractivity contribution in [3.63, 3.8) is 0 Å². The number of carbonyl (C=O) groups excluding carboxylic acids is 1. The summed E-state index contributed by atoms with van der Waals surface area (Å²) in [6.45, 7) is 0. The van der Waals surface area contributed by atoms with Gasteiger partial charge < -0.3 is 5.32 Å². The van der Waals surface area contributed by atoms with E-state index in [2.05, 4.69) is 10.3 Å². The molecule has 1 saturated heterocycles. The molecule has 0 bridgehead atoms. The van der Waals surface area contributed by atoms with Crippen molar-refractivity contribution >= 4 is 40.6 Å². The Morgan fingerprint density at radius 2 is 2.19 bits per heavy atom. The lowest BCUT2D eigenvalue weighted by molar-refractivity contribution is 0.0941. The van der Waals surface area contributed by atoms with Crippen LogP contribution in [0.2, 0.25) is 0 Å². The highest BCUT2D eigenvalue weighted by Gasteiger charge is 2.18. The molecule has 1 atom stereocenters. The molecule has 2 aromatic rings. The Balaban J connectivity index is 1.69. The molecule has 0 radical (unpaired) electrons. The van der Waals surface area contributed by atoms with E-state index in [1.165, 1.54) is 0 Å². The minimum atomic E-state index is 0.00892. The molecule has 0 aliphatic carbocycles. The number of nitrogens with zero attached hydrogens (tertiary/aromatic N) is 1. The molecule has 1 aliphatic rings. The molecule has 1 amide bonds. The summed E-state index contributed by atoms with van der Waals surface area (Å²) in [5.41, 5.74) is 2.60. The maximum atomic E-state index is 12.1. The molecule has 1 N–H and O–H groups in total. The molecule has 1 fully saturated rings. The second-order valence-corrected chi connectivity index (χ2v) is 7.16. The first-order valence-corrected chi connectivity index (χ1v) is 9.32. The zero-order valence-electron chi connectivity index (χ0n) is 11.3. The van der Waals surface area contributed by atoms with Crippen LogP contribution >= 0.6 is 34.7 Å². The van der Waals surface area contributed by atoms with Crippen molar-refractivity contribution in [3.8, 4) is 10.6 Å². The van der Waals surface area contributed by atoms with E-state index in [0.29, 0.717) is 17.5 Å². The third kappa shape index (κ3) is 3.59. The molecule has 1 aromatic heterocycles. The van der Waals surface area contributed by atoms with Crippen LogP contribution < -0.4 is 5.32 Å². The highest BCUT2D eigenvalue weighted by Crippen LogP contribution is 2.25. The first-order chi connectivity index (χ1) is 10.3. The summed E-state index contributed by atoms with van der Waals surface area (Å²) in [6, 6.07) is 7.90. The van der Waals surface area contributed by atoms with Crippen molar-refractivity contribution in [1.82, 2.24) is 10.3 Å². The number of alkyl halides is 1. The fraction of sp³-hybridized carbons (Fsp3) is 0.333. The lowest BCUT2D eigenvalue weighted by atomic mass is 10.1. The van der Waals surface area contributed by atoms with Crippen LogP contribution in [0.4, 0.5) is 0 Å². The van der Waals surface area contributed by atoms with E-state index in [1.54, 1.807) is 11.3 Å². The standard InChI is InChI=1S/C15H15ClN2OS2/c16-7-13-9-21-15(18-13)11-3-1-10(2-4-11)14(19)17-12-5-6-20-8-12/h1-4,9,12H,5-8H2,(H,17,19). The lowest BCUT2D eigenvalue weighted by Crippen LogP contribution is -2.34. The summed E-state index contributed by atoms with van der Waals surface area (Å²) in [4.78, 5) is 16.6. The fourth-order valence-electron chi connectivity index (χ4n) is 2.18. The van der Waals surface area contributed by atoms with E-state index in [4.69, 9.17) is 11.6 Å². The van der Waals surface area contributed by atoms with Crippen LogP contribution in [0.3, 0.4) is 0 Å². The van der Waals surface area contributed by atoms with Gasteiger partial charge in [-0.25, -0.2) is 4.98 Å². The molecular formula is C15H15ClN2OS2. The van der Waals surface area contributed by atoms with Gasteiger partial charge in [0.05, 0.1) is 11.6 Å². The maximum Gasteiger partial charge on any atom is 0.251 e. The Labute approximate surface area is 137 Å². The summed E-state index contributed by atoms with van der Waals surface area (Å²) in [7, 11) is 0. The summed E-state index contributed by atoms with van der Waals surface area (Å²) in [6.07, 6.45) is 1.06. The molecule has 1 unspecified atom stereocenters. The van der Waals surface area contributed by atoms with E-state index in [-0.39, 0.29) is 5.91 Å². The molecule has 0 saturated carbocycles. The zero-order valence-corrected chi connectivity index (χ0v) is 13.7. The number of thioether (sulfide) groups is 1. The topological polar surface area (TPSA) is 42.0 Å². The van der Waals surface area contributed by atoms with Gasteiger partial charge in [0, 0.05) is 28.3 Å². The van der Waals surface area contributed by atoms with Gasteiger partial charge >= 0.3 is 0 Å². The van der Waals surface area contributed by atoms with Crippen molar-refractivity contribution in [1.29, 1.82) is 0 Å². The molecular weight excluding hydrogens is 324 g/mol. The van der Waals surface area contributed by atoms with Gasteiger partial charge in [-0.3, -0.25) is 4.79 Å². The largest absolute Gasteiger partial charge is 0.348 e. The number of amides is 1. The predicted molar refractivity (Wildman–Crippen MR) is 90.3 cm³/mol. The van der Waals surface area contributed by atoms with Crippen LogP contribution in [0.25, 0.3) is 10.6 Å². The van der Waals surface area contributed by atoms with Gasteiger partial charge in [-0.15, -0.1) is 22.9 Å². The van der Waals surface area contributed by atoms with Crippen LogP contribution in [0.1, 0.15) is 22.5 Å². The quantitative estimate of drug-likeness (QED) is 0.862. The van der Waals surface area contributed by atoms with Gasteiger partial charge in [0.25, 0.3) is 5.91 Å². The summed E-state index contributed by atoms with van der Waals surface area (Å²) in [5, 5.41) is 5.97. The van der Waals surface area contributed by atoms with Gasteiger partial charge in [0.1, 0.15) is 5.01 Å². The van der Waals surface area contributed by atoms with E-state index >= 15 is 0 Å². The van der Waals surface area contributed by atoms with Crippen molar-refractivity contribution in [2.45, 2.75) is 18.3 Å². The molecule has 110 valence electrons. The van der Waals surface area contributed by atoms with E-state index < -0.39 is 0 Å². The molecule has 1 aliphatic heterocycles. The molecule has 6 heteroatoms. The van der Waals surface area contributed by atoms with Gasteiger partial charge in [-0.2, -0.15) is 11.8 Å². The lowest BCUT2D eigenvalue weighted by Gasteiger charge is -2.11. The number of benzene rings is 1. The van der Waals surface area contributed by atoms with Crippen LogP contribution in [-0.4, -0.2) is 28.4 Å². The SMILES string of the molecule is O=C(NC1CCSC1)c1ccc(-c2nc(CCl)cs2)cc1. The molecule has 0 spiro atoms. The van der Waals surface area contributed by atoms with Crippen molar-refractivity contribution in [2.75, 3.05) is 11.5 Å². The maximum absolute atomic E-state index is 12.1. The number of hydrogen-bond donors (Lipinski definition) is 1. The Bertz CT molecular complexity index is 621. The average Bonchev–Trinajstić information content (AvgIpc) is 3.18. The number of carbonyl (C=O) groups is 1. The Morgan fingerprint density at radius 3 is 2.81 bits per heavy atom. The fourth-order valence-corrected chi connectivity index (χ4v) is 4.39. The Morgan fingerprint density at radius 1 is 1.38 bits per heavy atom. The minimum Gasteiger partial charge on any atom is -0.348 e. The third-order valence-electron chi connectivity index (χ3n) is 3.35. The number of nitrogens with one attached hydrogen (secondary N) is 1. The number of aromatic nitrogens is 1. The van der Waals surface area contributed by atoms with Crippen molar-refractivity contribution in [2.24, 2.45) is 0 Å². The van der Waals surface area contributed by atoms with Gasteiger partial charge in [-0.05, 0) is 24.3 Å². The monoisotopic (exact) mass is 338 g/mol. The van der Waals surface area contributed by atoms with E-state index in [0.717, 1.165) is 34.2 Å². The second kappa shape index (κ2) is 6.81. The van der Waals surface area contributed by atoms with E-state index in [9.17, 15) is 4.79 Å². The molecule has 3 nitrogen and oxygen atoms in total. The van der Waals surface area contributed by atoms with Gasteiger partial charge in [0.2, 0.25) is 0 Å². The number of rotatable bonds is 4. The van der Waals surface area contributed by atoms with Crippen LogP contribution in [0, 0.1) is 0 Å². The highest BCUT2D eigenvalue weighted by molar-refractivity contribution is 7.99.